The topological polar surface area (TPSA) is 57.4 Å². The summed E-state index contributed by atoms with van der Waals surface area (Å²) in [6.07, 6.45) is 3.45. The molecule has 0 spiro atoms. The van der Waals surface area contributed by atoms with E-state index in [1.807, 2.05) is 0 Å². The predicted octanol–water partition coefficient (Wildman–Crippen LogP) is 0.0767. The number of carbonyl (C=O) groups excluding carboxylic acids is 1. The van der Waals surface area contributed by atoms with Crippen LogP contribution >= 0.6 is 0 Å². The summed E-state index contributed by atoms with van der Waals surface area (Å²) >= 11 is 0. The van der Waals surface area contributed by atoms with Gasteiger partial charge in [-0.05, 0) is 6.07 Å². The number of nitrogens with one attached hydrogen (secondary N) is 2. The number of morpholine rings is 1. The lowest BCUT2D eigenvalue weighted by atomic mass is 10.3. The van der Waals surface area contributed by atoms with Gasteiger partial charge in [0, 0.05) is 38.6 Å². The second kappa shape index (κ2) is 5.67. The summed E-state index contributed by atoms with van der Waals surface area (Å²) in [6.45, 7) is 5.08. The maximum atomic E-state index is 11.6. The Morgan fingerprint density at radius 3 is 3.00 bits per heavy atom. The van der Waals surface area contributed by atoms with Gasteiger partial charge in [-0.1, -0.05) is 0 Å². The van der Waals surface area contributed by atoms with E-state index in [0.717, 1.165) is 32.8 Å². The van der Waals surface area contributed by atoms with Crippen LogP contribution in [0.5, 0.6) is 0 Å². The zero-order chi connectivity index (χ0) is 11.2. The Labute approximate surface area is 94.8 Å². The Kier molecular flexibility index (Phi) is 3.96. The molecule has 1 amide bonds. The number of hydrogen-bond acceptors (Lipinski definition) is 3. The molecule has 0 radical (unpaired) electrons. The SMILES string of the molecule is O=C(NCCN1CCOCC1)c1cc[nH]c1. The van der Waals surface area contributed by atoms with Crippen LogP contribution in [0.1, 0.15) is 10.4 Å². The van der Waals surface area contributed by atoms with Crippen molar-refractivity contribution < 1.29 is 9.53 Å². The first-order valence-corrected chi connectivity index (χ1v) is 5.57. The van der Waals surface area contributed by atoms with Crippen LogP contribution in [0.25, 0.3) is 0 Å². The number of aromatic amines is 1. The largest absolute Gasteiger partial charge is 0.379 e. The minimum atomic E-state index is -0.0190. The Bertz CT molecular complexity index is 318. The molecule has 16 heavy (non-hydrogen) atoms. The first kappa shape index (κ1) is 11.2. The molecule has 5 heteroatoms. The van der Waals surface area contributed by atoms with Gasteiger partial charge < -0.3 is 15.0 Å². The fourth-order valence-electron chi connectivity index (χ4n) is 1.72. The zero-order valence-corrected chi connectivity index (χ0v) is 9.24. The molecule has 1 aliphatic rings. The molecule has 2 N–H and O–H groups in total. The van der Waals surface area contributed by atoms with Crippen molar-refractivity contribution in [3.8, 4) is 0 Å². The molecular formula is C11H17N3O2. The van der Waals surface area contributed by atoms with Gasteiger partial charge in [-0.3, -0.25) is 9.69 Å². The van der Waals surface area contributed by atoms with Crippen LogP contribution in [0.3, 0.4) is 0 Å². The molecule has 1 aromatic heterocycles. The maximum Gasteiger partial charge on any atom is 0.252 e. The molecule has 1 fully saturated rings. The molecule has 0 aromatic carbocycles. The van der Waals surface area contributed by atoms with Gasteiger partial charge in [-0.25, -0.2) is 0 Å². The average Bonchev–Trinajstić information content (AvgIpc) is 2.84. The summed E-state index contributed by atoms with van der Waals surface area (Å²) in [7, 11) is 0. The molecule has 1 saturated heterocycles. The molecule has 0 unspecified atom stereocenters. The highest BCUT2D eigenvalue weighted by atomic mass is 16.5. The third-order valence-corrected chi connectivity index (χ3v) is 2.68. The summed E-state index contributed by atoms with van der Waals surface area (Å²) in [5, 5.41) is 2.89. The molecule has 0 aliphatic carbocycles. The fourth-order valence-corrected chi connectivity index (χ4v) is 1.72. The van der Waals surface area contributed by atoms with E-state index in [1.54, 1.807) is 18.5 Å². The monoisotopic (exact) mass is 223 g/mol. The van der Waals surface area contributed by atoms with Crippen molar-refractivity contribution in [2.75, 3.05) is 39.4 Å². The smallest absolute Gasteiger partial charge is 0.252 e. The van der Waals surface area contributed by atoms with Gasteiger partial charge in [0.25, 0.3) is 5.91 Å². The number of carbonyl (C=O) groups is 1. The van der Waals surface area contributed by atoms with Crippen LogP contribution < -0.4 is 5.32 Å². The van der Waals surface area contributed by atoms with Gasteiger partial charge in [-0.2, -0.15) is 0 Å². The highest BCUT2D eigenvalue weighted by Gasteiger charge is 2.10. The predicted molar refractivity (Wildman–Crippen MR) is 60.4 cm³/mol. The van der Waals surface area contributed by atoms with Gasteiger partial charge in [0.15, 0.2) is 0 Å². The first-order valence-electron chi connectivity index (χ1n) is 5.57. The van der Waals surface area contributed by atoms with E-state index >= 15 is 0 Å². The standard InChI is InChI=1S/C11H17N3O2/c15-11(10-1-2-12-9-10)13-3-4-14-5-7-16-8-6-14/h1-2,9,12H,3-8H2,(H,13,15). The Morgan fingerprint density at radius 2 is 2.31 bits per heavy atom. The molecule has 2 heterocycles. The number of hydrogen-bond donors (Lipinski definition) is 2. The van der Waals surface area contributed by atoms with E-state index in [-0.39, 0.29) is 5.91 Å². The lowest BCUT2D eigenvalue weighted by molar-refractivity contribution is 0.0383. The quantitative estimate of drug-likeness (QED) is 0.760. The van der Waals surface area contributed by atoms with Crippen molar-refractivity contribution in [3.63, 3.8) is 0 Å². The summed E-state index contributed by atoms with van der Waals surface area (Å²) < 4.78 is 5.25. The van der Waals surface area contributed by atoms with Crippen LogP contribution in [-0.2, 0) is 4.74 Å². The minimum absolute atomic E-state index is 0.0190. The molecule has 5 nitrogen and oxygen atoms in total. The lowest BCUT2D eigenvalue weighted by Gasteiger charge is -2.26. The molecule has 0 atom stereocenters. The number of amides is 1. The van der Waals surface area contributed by atoms with Gasteiger partial charge in [0.05, 0.1) is 18.8 Å². The average molecular weight is 223 g/mol. The lowest BCUT2D eigenvalue weighted by Crippen LogP contribution is -2.41. The van der Waals surface area contributed by atoms with Gasteiger partial charge >= 0.3 is 0 Å². The molecule has 0 saturated carbocycles. The minimum Gasteiger partial charge on any atom is -0.379 e. The number of nitrogens with zero attached hydrogens (tertiary/aromatic N) is 1. The van der Waals surface area contributed by atoms with Crippen molar-refractivity contribution in [2.45, 2.75) is 0 Å². The first-order chi connectivity index (χ1) is 7.86. The third kappa shape index (κ3) is 3.08. The highest BCUT2D eigenvalue weighted by Crippen LogP contribution is 1.97. The summed E-state index contributed by atoms with van der Waals surface area (Å²) in [5.41, 5.74) is 0.682. The van der Waals surface area contributed by atoms with Crippen molar-refractivity contribution in [1.82, 2.24) is 15.2 Å². The molecule has 0 bridgehead atoms. The molecule has 2 rings (SSSR count). The van der Waals surface area contributed by atoms with Crippen LogP contribution in [0.2, 0.25) is 0 Å². The van der Waals surface area contributed by atoms with E-state index in [4.69, 9.17) is 4.74 Å². The Balaban J connectivity index is 1.66. The number of ether oxygens (including phenoxy) is 1. The molecule has 88 valence electrons. The second-order valence-electron chi connectivity index (χ2n) is 3.81. The van der Waals surface area contributed by atoms with Crippen molar-refractivity contribution in [1.29, 1.82) is 0 Å². The molecular weight excluding hydrogens is 206 g/mol. The van der Waals surface area contributed by atoms with E-state index in [0.29, 0.717) is 12.1 Å². The van der Waals surface area contributed by atoms with Crippen molar-refractivity contribution in [2.24, 2.45) is 0 Å². The number of aromatic nitrogens is 1. The van der Waals surface area contributed by atoms with Gasteiger partial charge in [0.2, 0.25) is 0 Å². The summed E-state index contributed by atoms with van der Waals surface area (Å²) in [5.74, 6) is -0.0190. The summed E-state index contributed by atoms with van der Waals surface area (Å²) in [4.78, 5) is 16.7. The molecule has 1 aromatic rings. The molecule has 1 aliphatic heterocycles. The van der Waals surface area contributed by atoms with E-state index in [1.165, 1.54) is 0 Å². The fraction of sp³-hybridized carbons (Fsp3) is 0.545. The zero-order valence-electron chi connectivity index (χ0n) is 9.24. The maximum absolute atomic E-state index is 11.6. The Hall–Kier alpha value is -1.33. The van der Waals surface area contributed by atoms with E-state index in [2.05, 4.69) is 15.2 Å². The van der Waals surface area contributed by atoms with E-state index in [9.17, 15) is 4.79 Å². The number of rotatable bonds is 4. The summed E-state index contributed by atoms with van der Waals surface area (Å²) in [6, 6.07) is 1.77. The van der Waals surface area contributed by atoms with Gasteiger partial charge in [-0.15, -0.1) is 0 Å². The Morgan fingerprint density at radius 1 is 1.50 bits per heavy atom. The van der Waals surface area contributed by atoms with Crippen LogP contribution in [0, 0.1) is 0 Å². The third-order valence-electron chi connectivity index (χ3n) is 2.68. The normalized spacial score (nSPS) is 17.2. The van der Waals surface area contributed by atoms with Crippen LogP contribution in [0.4, 0.5) is 0 Å². The van der Waals surface area contributed by atoms with Crippen LogP contribution in [-0.4, -0.2) is 55.2 Å². The highest BCUT2D eigenvalue weighted by molar-refractivity contribution is 5.93. The van der Waals surface area contributed by atoms with Gasteiger partial charge in [0.1, 0.15) is 0 Å². The second-order valence-corrected chi connectivity index (χ2v) is 3.81. The van der Waals surface area contributed by atoms with Crippen molar-refractivity contribution >= 4 is 5.91 Å². The number of H-pyrrole nitrogens is 1. The van der Waals surface area contributed by atoms with E-state index < -0.39 is 0 Å². The van der Waals surface area contributed by atoms with Crippen LogP contribution in [0.15, 0.2) is 18.5 Å². The van der Waals surface area contributed by atoms with Crippen molar-refractivity contribution in [3.05, 3.63) is 24.0 Å².